The van der Waals surface area contributed by atoms with Crippen LogP contribution in [0.3, 0.4) is 0 Å². The predicted octanol–water partition coefficient (Wildman–Crippen LogP) is 10.8. The Morgan fingerprint density at radius 3 is 0.608 bits per heavy atom. The van der Waals surface area contributed by atoms with Gasteiger partial charge in [-0.1, -0.05) is 127 Å². The fourth-order valence-electron chi connectivity index (χ4n) is 6.63. The standard InChI is InChI=1S/C45H30O6/c46-43(47)34-22-16-31(17-23-34)40-37(28-10-4-1-5-11-28)41(32-18-24-35(25-19-32)44(48)49)39(30-14-8-3-9-15-30)42(38(40)29-12-6-2-7-13-29)33-20-26-36(27-21-33)45(50)51/h1-27H,(H,46,47)(H,48,49)(H,50,51). The van der Waals surface area contributed by atoms with Crippen molar-refractivity contribution in [1.82, 2.24) is 0 Å². The SMILES string of the molecule is O=C(O)c1ccc(-c2c(-c3ccccc3)c(-c3ccc(C(=O)O)cc3)c(-c3ccccc3)c(-c3ccc(C(=O)O)cc3)c2-c2ccccc2)cc1. The molecule has 0 amide bonds. The number of carboxylic acid groups (broad SMARTS) is 3. The fourth-order valence-corrected chi connectivity index (χ4v) is 6.63. The van der Waals surface area contributed by atoms with Crippen LogP contribution in [0.5, 0.6) is 0 Å². The van der Waals surface area contributed by atoms with Crippen LogP contribution >= 0.6 is 0 Å². The largest absolute Gasteiger partial charge is 0.478 e. The van der Waals surface area contributed by atoms with Crippen molar-refractivity contribution in [1.29, 1.82) is 0 Å². The van der Waals surface area contributed by atoms with Gasteiger partial charge in [0.25, 0.3) is 0 Å². The number of aromatic carboxylic acids is 3. The summed E-state index contributed by atoms with van der Waals surface area (Å²) < 4.78 is 0. The molecule has 51 heavy (non-hydrogen) atoms. The lowest BCUT2D eigenvalue weighted by Gasteiger charge is -2.29. The van der Waals surface area contributed by atoms with Gasteiger partial charge in [0.05, 0.1) is 16.7 Å². The van der Waals surface area contributed by atoms with E-state index in [-0.39, 0.29) is 16.7 Å². The minimum atomic E-state index is -1.04. The highest BCUT2D eigenvalue weighted by Gasteiger charge is 2.29. The van der Waals surface area contributed by atoms with Gasteiger partial charge < -0.3 is 15.3 Å². The minimum absolute atomic E-state index is 0.149. The Labute approximate surface area is 294 Å². The van der Waals surface area contributed by atoms with E-state index in [1.807, 2.05) is 127 Å². The monoisotopic (exact) mass is 666 g/mol. The maximum atomic E-state index is 12.0. The van der Waals surface area contributed by atoms with E-state index in [1.165, 1.54) is 0 Å². The van der Waals surface area contributed by atoms with E-state index < -0.39 is 17.9 Å². The molecule has 246 valence electrons. The van der Waals surface area contributed by atoms with Crippen molar-refractivity contribution >= 4 is 17.9 Å². The van der Waals surface area contributed by atoms with E-state index in [9.17, 15) is 29.7 Å². The number of hydrogen-bond acceptors (Lipinski definition) is 3. The van der Waals surface area contributed by atoms with Crippen molar-refractivity contribution in [2.75, 3.05) is 0 Å². The van der Waals surface area contributed by atoms with Crippen LogP contribution in [0.4, 0.5) is 0 Å². The molecule has 0 saturated carbocycles. The Morgan fingerprint density at radius 2 is 0.431 bits per heavy atom. The number of carbonyl (C=O) groups is 3. The summed E-state index contributed by atoms with van der Waals surface area (Å²) in [5.41, 5.74) is 10.5. The molecule has 0 unspecified atom stereocenters. The number of carboxylic acids is 3. The van der Waals surface area contributed by atoms with Crippen LogP contribution in [0.1, 0.15) is 31.1 Å². The van der Waals surface area contributed by atoms with Crippen molar-refractivity contribution in [3.63, 3.8) is 0 Å². The summed E-state index contributed by atoms with van der Waals surface area (Å²) in [7, 11) is 0. The molecule has 0 aromatic heterocycles. The molecule has 0 aliphatic rings. The van der Waals surface area contributed by atoms with Crippen molar-refractivity contribution in [3.8, 4) is 66.8 Å². The van der Waals surface area contributed by atoms with Gasteiger partial charge in [-0.2, -0.15) is 0 Å². The lowest BCUT2D eigenvalue weighted by Crippen LogP contribution is -2.03. The van der Waals surface area contributed by atoms with Crippen LogP contribution in [0.25, 0.3) is 66.8 Å². The first-order valence-corrected chi connectivity index (χ1v) is 16.2. The van der Waals surface area contributed by atoms with Gasteiger partial charge in [-0.15, -0.1) is 0 Å². The molecule has 6 heteroatoms. The second-order valence-electron chi connectivity index (χ2n) is 12.0. The zero-order valence-electron chi connectivity index (χ0n) is 27.2. The Balaban J connectivity index is 1.77. The van der Waals surface area contributed by atoms with Gasteiger partial charge in [-0.25, -0.2) is 14.4 Å². The highest BCUT2D eigenvalue weighted by molar-refractivity contribution is 6.15. The van der Waals surface area contributed by atoms with Gasteiger partial charge in [0, 0.05) is 0 Å². The topological polar surface area (TPSA) is 112 Å². The van der Waals surface area contributed by atoms with E-state index in [4.69, 9.17) is 0 Å². The van der Waals surface area contributed by atoms with E-state index in [1.54, 1.807) is 36.4 Å². The maximum absolute atomic E-state index is 12.0. The summed E-state index contributed by atoms with van der Waals surface area (Å²) in [6.45, 7) is 0. The molecule has 0 heterocycles. The second kappa shape index (κ2) is 13.8. The lowest BCUT2D eigenvalue weighted by molar-refractivity contribution is 0.0686. The van der Waals surface area contributed by atoms with Crippen LogP contribution in [0, 0.1) is 0 Å². The van der Waals surface area contributed by atoms with Gasteiger partial charge >= 0.3 is 17.9 Å². The van der Waals surface area contributed by atoms with Crippen molar-refractivity contribution in [2.24, 2.45) is 0 Å². The zero-order chi connectivity index (χ0) is 35.5. The molecule has 0 bridgehead atoms. The maximum Gasteiger partial charge on any atom is 0.335 e. The number of benzene rings is 7. The molecular formula is C45H30O6. The van der Waals surface area contributed by atoms with Crippen LogP contribution in [0.2, 0.25) is 0 Å². The van der Waals surface area contributed by atoms with Crippen LogP contribution in [-0.2, 0) is 0 Å². The van der Waals surface area contributed by atoms with Crippen molar-refractivity contribution in [2.45, 2.75) is 0 Å². The Hall–Kier alpha value is -7.05. The highest BCUT2D eigenvalue weighted by Crippen LogP contribution is 2.55. The normalized spacial score (nSPS) is 10.8. The molecule has 0 atom stereocenters. The first kappa shape index (κ1) is 32.5. The third-order valence-electron chi connectivity index (χ3n) is 8.95. The summed E-state index contributed by atoms with van der Waals surface area (Å²) in [5.74, 6) is -3.11. The molecule has 7 aromatic rings. The lowest BCUT2D eigenvalue weighted by atomic mass is 9.74. The Kier molecular flexibility index (Phi) is 8.81. The van der Waals surface area contributed by atoms with Gasteiger partial charge in [0.1, 0.15) is 0 Å². The third-order valence-corrected chi connectivity index (χ3v) is 8.95. The Morgan fingerprint density at radius 1 is 0.255 bits per heavy atom. The molecule has 0 radical (unpaired) electrons. The molecular weight excluding hydrogens is 636 g/mol. The van der Waals surface area contributed by atoms with E-state index in [0.29, 0.717) is 0 Å². The van der Waals surface area contributed by atoms with E-state index >= 15 is 0 Å². The van der Waals surface area contributed by atoms with Crippen LogP contribution < -0.4 is 0 Å². The fraction of sp³-hybridized carbons (Fsp3) is 0. The van der Waals surface area contributed by atoms with Crippen LogP contribution in [-0.4, -0.2) is 33.2 Å². The zero-order valence-corrected chi connectivity index (χ0v) is 27.2. The quantitative estimate of drug-likeness (QED) is 0.141. The summed E-state index contributed by atoms with van der Waals surface area (Å²) in [6.07, 6.45) is 0. The number of hydrogen-bond donors (Lipinski definition) is 3. The smallest absolute Gasteiger partial charge is 0.335 e. The van der Waals surface area contributed by atoms with Gasteiger partial charge in [-0.05, 0) is 103 Å². The van der Waals surface area contributed by atoms with Crippen molar-refractivity contribution in [3.05, 3.63) is 180 Å². The molecule has 0 aliphatic carbocycles. The van der Waals surface area contributed by atoms with E-state index in [2.05, 4.69) is 0 Å². The average Bonchev–Trinajstić information content (AvgIpc) is 3.18. The molecule has 0 spiro atoms. The summed E-state index contributed by atoms with van der Waals surface area (Å²) >= 11 is 0. The molecule has 6 nitrogen and oxygen atoms in total. The Bertz CT molecular complexity index is 2090. The number of rotatable bonds is 9. The molecule has 7 aromatic carbocycles. The molecule has 0 fully saturated rings. The van der Waals surface area contributed by atoms with Gasteiger partial charge in [0.2, 0.25) is 0 Å². The highest BCUT2D eigenvalue weighted by atomic mass is 16.4. The summed E-state index contributed by atoms with van der Waals surface area (Å²) in [5, 5.41) is 29.4. The first-order chi connectivity index (χ1) is 24.8. The summed E-state index contributed by atoms with van der Waals surface area (Å²) in [6, 6.07) is 50.3. The molecule has 0 saturated heterocycles. The van der Waals surface area contributed by atoms with Crippen molar-refractivity contribution < 1.29 is 29.7 Å². The molecule has 7 rings (SSSR count). The third kappa shape index (κ3) is 6.30. The van der Waals surface area contributed by atoms with Crippen LogP contribution in [0.15, 0.2) is 164 Å². The molecule has 0 aliphatic heterocycles. The minimum Gasteiger partial charge on any atom is -0.478 e. The summed E-state index contributed by atoms with van der Waals surface area (Å²) in [4.78, 5) is 35.9. The average molecular weight is 667 g/mol. The van der Waals surface area contributed by atoms with Gasteiger partial charge in [0.15, 0.2) is 0 Å². The molecule has 3 N–H and O–H groups in total. The second-order valence-corrected chi connectivity index (χ2v) is 12.0. The van der Waals surface area contributed by atoms with Gasteiger partial charge in [-0.3, -0.25) is 0 Å². The predicted molar refractivity (Wildman–Crippen MR) is 200 cm³/mol. The first-order valence-electron chi connectivity index (χ1n) is 16.2. The van der Waals surface area contributed by atoms with E-state index in [0.717, 1.165) is 66.8 Å².